The van der Waals surface area contributed by atoms with Crippen LogP contribution in [-0.2, 0) is 11.3 Å². The molecule has 1 heterocycles. The first-order chi connectivity index (χ1) is 5.84. The zero-order valence-corrected chi connectivity index (χ0v) is 7.36. The number of rotatable bonds is 5. The van der Waals surface area contributed by atoms with Gasteiger partial charge in [-0.25, -0.2) is 4.98 Å². The summed E-state index contributed by atoms with van der Waals surface area (Å²) in [5.41, 5.74) is 5.27. The first-order valence-electron chi connectivity index (χ1n) is 4.10. The van der Waals surface area contributed by atoms with Crippen LogP contribution in [0.15, 0.2) is 12.4 Å². The summed E-state index contributed by atoms with van der Waals surface area (Å²) < 4.78 is 7.29. The van der Waals surface area contributed by atoms with Crippen molar-refractivity contribution < 1.29 is 4.74 Å². The van der Waals surface area contributed by atoms with E-state index in [1.807, 2.05) is 13.1 Å². The van der Waals surface area contributed by atoms with Gasteiger partial charge in [-0.15, -0.1) is 0 Å². The Morgan fingerprint density at radius 2 is 2.42 bits per heavy atom. The van der Waals surface area contributed by atoms with Crippen LogP contribution in [0.5, 0.6) is 0 Å². The fourth-order valence-electron chi connectivity index (χ4n) is 0.988. The van der Waals surface area contributed by atoms with Crippen molar-refractivity contribution in [3.8, 4) is 0 Å². The lowest BCUT2D eigenvalue weighted by molar-refractivity contribution is 0.133. The van der Waals surface area contributed by atoms with Gasteiger partial charge in [-0.2, -0.15) is 0 Å². The minimum Gasteiger partial charge on any atom is -0.378 e. The van der Waals surface area contributed by atoms with Gasteiger partial charge in [0.1, 0.15) is 5.82 Å². The van der Waals surface area contributed by atoms with E-state index >= 15 is 0 Å². The van der Waals surface area contributed by atoms with E-state index in [4.69, 9.17) is 10.5 Å². The molecule has 4 heteroatoms. The zero-order chi connectivity index (χ0) is 8.81. The van der Waals surface area contributed by atoms with Crippen molar-refractivity contribution in [3.63, 3.8) is 0 Å². The van der Waals surface area contributed by atoms with E-state index in [1.54, 1.807) is 6.20 Å². The Bertz CT molecular complexity index is 222. The van der Waals surface area contributed by atoms with Crippen molar-refractivity contribution in [2.24, 2.45) is 5.73 Å². The van der Waals surface area contributed by atoms with Crippen LogP contribution in [0.25, 0.3) is 0 Å². The van der Waals surface area contributed by atoms with E-state index < -0.39 is 0 Å². The number of aryl methyl sites for hydroxylation is 1. The van der Waals surface area contributed by atoms with Crippen molar-refractivity contribution in [1.82, 2.24) is 9.55 Å². The van der Waals surface area contributed by atoms with Crippen molar-refractivity contribution in [2.45, 2.75) is 13.5 Å². The quantitative estimate of drug-likeness (QED) is 0.639. The number of nitrogens with zero attached hydrogens (tertiary/aromatic N) is 2. The van der Waals surface area contributed by atoms with Crippen LogP contribution < -0.4 is 5.73 Å². The van der Waals surface area contributed by atoms with E-state index in [0.29, 0.717) is 19.8 Å². The van der Waals surface area contributed by atoms with Gasteiger partial charge in [0.2, 0.25) is 0 Å². The van der Waals surface area contributed by atoms with Crippen LogP contribution >= 0.6 is 0 Å². The predicted octanol–water partition coefficient (Wildman–Crippen LogP) is 0.167. The maximum Gasteiger partial charge on any atom is 0.105 e. The lowest BCUT2D eigenvalue weighted by atomic mass is 10.6. The third kappa shape index (κ3) is 2.64. The maximum atomic E-state index is 5.27. The van der Waals surface area contributed by atoms with Crippen LogP contribution in [0.1, 0.15) is 5.82 Å². The monoisotopic (exact) mass is 169 g/mol. The molecule has 0 amide bonds. The molecular formula is C8H15N3O. The largest absolute Gasteiger partial charge is 0.378 e. The average molecular weight is 169 g/mol. The molecule has 0 fully saturated rings. The highest BCUT2D eigenvalue weighted by molar-refractivity contribution is 4.87. The van der Waals surface area contributed by atoms with Gasteiger partial charge in [-0.05, 0) is 6.92 Å². The summed E-state index contributed by atoms with van der Waals surface area (Å²) >= 11 is 0. The van der Waals surface area contributed by atoms with E-state index in [9.17, 15) is 0 Å². The normalized spacial score (nSPS) is 10.5. The second-order valence-corrected chi connectivity index (χ2v) is 2.57. The Balaban J connectivity index is 2.20. The molecule has 0 bridgehead atoms. The predicted molar refractivity (Wildman–Crippen MR) is 46.8 cm³/mol. The molecule has 1 rings (SSSR count). The summed E-state index contributed by atoms with van der Waals surface area (Å²) in [4.78, 5) is 4.10. The van der Waals surface area contributed by atoms with Crippen LogP contribution in [0.4, 0.5) is 0 Å². The van der Waals surface area contributed by atoms with Crippen LogP contribution in [0.2, 0.25) is 0 Å². The van der Waals surface area contributed by atoms with Crippen LogP contribution in [0.3, 0.4) is 0 Å². The number of imidazole rings is 1. The molecule has 0 aliphatic heterocycles. The summed E-state index contributed by atoms with van der Waals surface area (Å²) in [6.45, 7) is 4.75. The molecule has 0 unspecified atom stereocenters. The average Bonchev–Trinajstić information content (AvgIpc) is 2.46. The molecule has 0 aliphatic rings. The number of aromatic nitrogens is 2. The van der Waals surface area contributed by atoms with E-state index in [1.165, 1.54) is 0 Å². The lowest BCUT2D eigenvalue weighted by Crippen LogP contribution is -2.12. The van der Waals surface area contributed by atoms with Crippen molar-refractivity contribution in [3.05, 3.63) is 18.2 Å². The highest BCUT2D eigenvalue weighted by Gasteiger charge is 1.94. The smallest absolute Gasteiger partial charge is 0.105 e. The Morgan fingerprint density at radius 3 is 3.00 bits per heavy atom. The van der Waals surface area contributed by atoms with Crippen LogP contribution in [-0.4, -0.2) is 29.3 Å². The topological polar surface area (TPSA) is 53.1 Å². The number of hydrogen-bond donors (Lipinski definition) is 1. The highest BCUT2D eigenvalue weighted by atomic mass is 16.5. The molecule has 1 aromatic rings. The molecule has 0 saturated carbocycles. The van der Waals surface area contributed by atoms with Crippen LogP contribution in [0, 0.1) is 6.92 Å². The van der Waals surface area contributed by atoms with E-state index in [0.717, 1.165) is 12.4 Å². The summed E-state index contributed by atoms with van der Waals surface area (Å²) in [5.74, 6) is 1.02. The van der Waals surface area contributed by atoms with Gasteiger partial charge < -0.3 is 15.0 Å². The third-order valence-electron chi connectivity index (χ3n) is 1.66. The number of nitrogens with two attached hydrogens (primary N) is 1. The first-order valence-corrected chi connectivity index (χ1v) is 4.10. The standard InChI is InChI=1S/C8H15N3O/c1-8-10-3-4-11(8)5-7-12-6-2-9/h3-4H,2,5-7,9H2,1H3. The lowest BCUT2D eigenvalue weighted by Gasteiger charge is -2.04. The van der Waals surface area contributed by atoms with Gasteiger partial charge in [0.15, 0.2) is 0 Å². The fraction of sp³-hybridized carbons (Fsp3) is 0.625. The third-order valence-corrected chi connectivity index (χ3v) is 1.66. The summed E-state index contributed by atoms with van der Waals surface area (Å²) in [6, 6.07) is 0. The fourth-order valence-corrected chi connectivity index (χ4v) is 0.988. The number of hydrogen-bond acceptors (Lipinski definition) is 3. The van der Waals surface area contributed by atoms with Gasteiger partial charge in [-0.1, -0.05) is 0 Å². The van der Waals surface area contributed by atoms with Gasteiger partial charge in [0.25, 0.3) is 0 Å². The Hall–Kier alpha value is -0.870. The first kappa shape index (κ1) is 9.22. The molecule has 0 spiro atoms. The van der Waals surface area contributed by atoms with Crippen molar-refractivity contribution in [2.75, 3.05) is 19.8 Å². The van der Waals surface area contributed by atoms with Gasteiger partial charge >= 0.3 is 0 Å². The second kappa shape index (κ2) is 4.90. The van der Waals surface area contributed by atoms with Crippen molar-refractivity contribution in [1.29, 1.82) is 0 Å². The minimum absolute atomic E-state index is 0.586. The highest BCUT2D eigenvalue weighted by Crippen LogP contribution is 1.94. The molecule has 0 aromatic carbocycles. The van der Waals surface area contributed by atoms with E-state index in [-0.39, 0.29) is 0 Å². The molecule has 0 saturated heterocycles. The van der Waals surface area contributed by atoms with Crippen molar-refractivity contribution >= 4 is 0 Å². The summed E-state index contributed by atoms with van der Waals surface area (Å²) in [6.07, 6.45) is 3.74. The van der Waals surface area contributed by atoms with E-state index in [2.05, 4.69) is 9.55 Å². The number of ether oxygens (including phenoxy) is 1. The Labute approximate surface area is 72.3 Å². The van der Waals surface area contributed by atoms with Gasteiger partial charge in [0.05, 0.1) is 13.2 Å². The van der Waals surface area contributed by atoms with Gasteiger partial charge in [-0.3, -0.25) is 0 Å². The Morgan fingerprint density at radius 1 is 1.58 bits per heavy atom. The molecule has 2 N–H and O–H groups in total. The molecule has 68 valence electrons. The second-order valence-electron chi connectivity index (χ2n) is 2.57. The molecule has 4 nitrogen and oxygen atoms in total. The molecule has 0 aliphatic carbocycles. The van der Waals surface area contributed by atoms with Gasteiger partial charge in [0, 0.05) is 25.5 Å². The molecule has 0 radical (unpaired) electrons. The Kier molecular flexibility index (Phi) is 3.76. The summed E-state index contributed by atoms with van der Waals surface area (Å²) in [7, 11) is 0. The molecular weight excluding hydrogens is 154 g/mol. The minimum atomic E-state index is 0.586. The SMILES string of the molecule is Cc1nccn1CCOCCN. The molecule has 12 heavy (non-hydrogen) atoms. The molecule has 0 atom stereocenters. The molecule has 1 aromatic heterocycles. The maximum absolute atomic E-state index is 5.27. The summed E-state index contributed by atoms with van der Waals surface area (Å²) in [5, 5.41) is 0. The zero-order valence-electron chi connectivity index (χ0n) is 7.36.